The number of fused-ring (bicyclic) bond motifs is 9. The normalized spacial score (nSPS) is 12.6. The summed E-state index contributed by atoms with van der Waals surface area (Å²) in [6.07, 6.45) is 0. The molecule has 0 saturated carbocycles. The highest BCUT2D eigenvalue weighted by atomic mass is 16.5. The molecular weight excluding hydrogens is 673 g/mol. The fourth-order valence-corrected chi connectivity index (χ4v) is 7.69. The summed E-state index contributed by atoms with van der Waals surface area (Å²) in [6, 6.07) is 52.9. The van der Waals surface area contributed by atoms with Crippen molar-refractivity contribution in [3.8, 4) is 40.1 Å². The smallest absolute Gasteiger partial charge is 0.227 e. The molecule has 0 radical (unpaired) electrons. The molecule has 0 aliphatic carbocycles. The maximum atomic E-state index is 6.30. The van der Waals surface area contributed by atoms with E-state index in [0.717, 1.165) is 73.2 Å². The van der Waals surface area contributed by atoms with Gasteiger partial charge in [-0.25, -0.2) is 15.0 Å². The van der Waals surface area contributed by atoms with Crippen LogP contribution in [0.5, 0.6) is 11.5 Å². The average molecular weight is 699 g/mol. The Bertz CT molecular complexity index is 3160. The number of rotatable bonds is 4. The number of hydrogen-bond acceptors (Lipinski definition) is 7. The van der Waals surface area contributed by atoms with Crippen LogP contribution in [0.3, 0.4) is 0 Å². The zero-order valence-corrected chi connectivity index (χ0v) is 28.4. The molecule has 54 heavy (non-hydrogen) atoms. The summed E-state index contributed by atoms with van der Waals surface area (Å²) in [5, 5.41) is 0. The zero-order valence-electron chi connectivity index (χ0n) is 28.4. The van der Waals surface area contributed by atoms with Crippen LogP contribution in [0.2, 0.25) is 0 Å². The van der Waals surface area contributed by atoms with Crippen molar-refractivity contribution in [2.75, 3.05) is 4.90 Å². The van der Waals surface area contributed by atoms with Gasteiger partial charge >= 0.3 is 0 Å². The van der Waals surface area contributed by atoms with Crippen molar-refractivity contribution in [2.45, 2.75) is 0 Å². The van der Waals surface area contributed by atoms with E-state index in [1.165, 1.54) is 0 Å². The van der Waals surface area contributed by atoms with Crippen molar-refractivity contribution >= 4 is 67.1 Å². The van der Waals surface area contributed by atoms with Gasteiger partial charge in [-0.15, -0.1) is 0 Å². The first-order valence-corrected chi connectivity index (χ1v) is 17.7. The number of oxazole rings is 2. The number of imidazole rings is 2. The number of ether oxygens (including phenoxy) is 1. The lowest BCUT2D eigenvalue weighted by Crippen LogP contribution is -2.15. The Labute approximate surface area is 306 Å². The molecule has 5 heterocycles. The van der Waals surface area contributed by atoms with Crippen molar-refractivity contribution in [2.24, 2.45) is 0 Å². The number of benzene rings is 7. The second-order valence-electron chi connectivity index (χ2n) is 13.4. The van der Waals surface area contributed by atoms with Crippen molar-refractivity contribution in [1.82, 2.24) is 23.9 Å². The second kappa shape index (κ2) is 10.9. The lowest BCUT2D eigenvalue weighted by molar-refractivity contribution is 0.477. The standard InChI is InChI=1S/C45H26N6O3/c1-2-10-34-31(9-1)48-45-50(35-11-3-4-12-36(35)51(34)45)30-23-19-28(20-24-30)44-47-33-26-41-32(25-42(33)54-44)46-43(53-41)27-17-21-29(22-18-27)49-37-13-5-7-15-39(37)52-40-16-8-6-14-38(40)49/h1-26H. The summed E-state index contributed by atoms with van der Waals surface area (Å²) in [7, 11) is 0. The van der Waals surface area contributed by atoms with E-state index in [1.54, 1.807) is 0 Å². The fourth-order valence-electron chi connectivity index (χ4n) is 7.69. The molecule has 9 nitrogen and oxygen atoms in total. The molecule has 0 unspecified atom stereocenters. The molecule has 0 fully saturated rings. The van der Waals surface area contributed by atoms with Gasteiger partial charge < -0.3 is 18.5 Å². The van der Waals surface area contributed by atoms with E-state index in [2.05, 4.69) is 80.6 Å². The molecule has 11 aromatic rings. The summed E-state index contributed by atoms with van der Waals surface area (Å²) in [4.78, 5) is 16.9. The van der Waals surface area contributed by atoms with Crippen LogP contribution in [0.4, 0.5) is 17.1 Å². The SMILES string of the molecule is c1ccc2c(c1)Oc1ccccc1N2c1ccc(-c2nc3cc4oc(-c5ccc(-n6c7ccccc7n7c8ccccc8nc67)cc5)nc4cc3o2)cc1. The molecule has 0 N–H and O–H groups in total. The van der Waals surface area contributed by atoms with Gasteiger partial charge in [0, 0.05) is 34.6 Å². The van der Waals surface area contributed by atoms with Gasteiger partial charge in [-0.2, -0.15) is 0 Å². The minimum absolute atomic E-state index is 0.528. The van der Waals surface area contributed by atoms with Gasteiger partial charge in [0.2, 0.25) is 17.6 Å². The molecule has 1 aliphatic heterocycles. The number of para-hydroxylation sites is 8. The topological polar surface area (TPSA) is 86.8 Å². The van der Waals surface area contributed by atoms with Crippen LogP contribution in [0.15, 0.2) is 167 Å². The quantitative estimate of drug-likeness (QED) is 0.181. The first kappa shape index (κ1) is 29.0. The number of aromatic nitrogens is 5. The third-order valence-corrected chi connectivity index (χ3v) is 10.2. The molecule has 9 heteroatoms. The van der Waals surface area contributed by atoms with E-state index in [1.807, 2.05) is 91.0 Å². The minimum atomic E-state index is 0.528. The van der Waals surface area contributed by atoms with Gasteiger partial charge in [-0.3, -0.25) is 8.97 Å². The van der Waals surface area contributed by atoms with E-state index in [-0.39, 0.29) is 0 Å². The summed E-state index contributed by atoms with van der Waals surface area (Å²) < 4.78 is 23.2. The van der Waals surface area contributed by atoms with Gasteiger partial charge in [0.15, 0.2) is 22.7 Å². The molecule has 4 aromatic heterocycles. The summed E-state index contributed by atoms with van der Waals surface area (Å²) >= 11 is 0. The van der Waals surface area contributed by atoms with E-state index in [9.17, 15) is 0 Å². The van der Waals surface area contributed by atoms with Crippen LogP contribution in [0.25, 0.3) is 78.6 Å². The van der Waals surface area contributed by atoms with Crippen LogP contribution in [0.1, 0.15) is 0 Å². The number of anilines is 3. The molecule has 0 spiro atoms. The first-order chi connectivity index (χ1) is 26.7. The Morgan fingerprint density at radius 1 is 0.426 bits per heavy atom. The van der Waals surface area contributed by atoms with Crippen molar-refractivity contribution in [3.05, 3.63) is 158 Å². The van der Waals surface area contributed by atoms with E-state index >= 15 is 0 Å². The molecule has 254 valence electrons. The molecule has 0 bridgehead atoms. The molecule has 0 atom stereocenters. The van der Waals surface area contributed by atoms with Crippen LogP contribution >= 0.6 is 0 Å². The molecule has 0 saturated heterocycles. The Balaban J connectivity index is 0.858. The zero-order chi connectivity index (χ0) is 35.3. The monoisotopic (exact) mass is 698 g/mol. The molecule has 12 rings (SSSR count). The van der Waals surface area contributed by atoms with Crippen LogP contribution < -0.4 is 9.64 Å². The Morgan fingerprint density at radius 2 is 0.944 bits per heavy atom. The second-order valence-corrected chi connectivity index (χ2v) is 13.4. The van der Waals surface area contributed by atoms with E-state index < -0.39 is 0 Å². The average Bonchev–Trinajstić information content (AvgIpc) is 4.00. The van der Waals surface area contributed by atoms with Crippen LogP contribution in [-0.2, 0) is 0 Å². The lowest BCUT2D eigenvalue weighted by Gasteiger charge is -2.32. The maximum Gasteiger partial charge on any atom is 0.227 e. The Morgan fingerprint density at radius 3 is 1.57 bits per heavy atom. The Hall–Kier alpha value is -7.65. The van der Waals surface area contributed by atoms with E-state index in [4.69, 9.17) is 28.5 Å². The van der Waals surface area contributed by atoms with Gasteiger partial charge in [0.1, 0.15) is 11.0 Å². The van der Waals surface area contributed by atoms with E-state index in [0.29, 0.717) is 34.0 Å². The van der Waals surface area contributed by atoms with Crippen LogP contribution in [0, 0.1) is 0 Å². The van der Waals surface area contributed by atoms with Crippen LogP contribution in [-0.4, -0.2) is 23.9 Å². The maximum absolute atomic E-state index is 6.30. The Kier molecular flexibility index (Phi) is 5.86. The van der Waals surface area contributed by atoms with Gasteiger partial charge in [0.05, 0.1) is 33.4 Å². The largest absolute Gasteiger partial charge is 0.453 e. The van der Waals surface area contributed by atoms with Gasteiger partial charge in [-0.05, 0) is 97.1 Å². The summed E-state index contributed by atoms with van der Waals surface area (Å²) in [6.45, 7) is 0. The summed E-state index contributed by atoms with van der Waals surface area (Å²) in [5.41, 5.74) is 12.6. The first-order valence-electron chi connectivity index (χ1n) is 17.7. The third-order valence-electron chi connectivity index (χ3n) is 10.2. The van der Waals surface area contributed by atoms with Crippen molar-refractivity contribution in [3.63, 3.8) is 0 Å². The molecule has 1 aliphatic rings. The third kappa shape index (κ3) is 4.23. The minimum Gasteiger partial charge on any atom is -0.453 e. The number of nitrogens with zero attached hydrogens (tertiary/aromatic N) is 6. The lowest BCUT2D eigenvalue weighted by atomic mass is 10.1. The van der Waals surface area contributed by atoms with Crippen molar-refractivity contribution < 1.29 is 13.6 Å². The van der Waals surface area contributed by atoms with Gasteiger partial charge in [-0.1, -0.05) is 48.5 Å². The fraction of sp³-hybridized carbons (Fsp3) is 0. The highest BCUT2D eigenvalue weighted by molar-refractivity contribution is 5.93. The predicted molar refractivity (Wildman–Crippen MR) is 210 cm³/mol. The van der Waals surface area contributed by atoms with Crippen molar-refractivity contribution in [1.29, 1.82) is 0 Å². The molecule has 0 amide bonds. The number of hydrogen-bond donors (Lipinski definition) is 0. The molecule has 7 aromatic carbocycles. The summed E-state index contributed by atoms with van der Waals surface area (Å²) in [5.74, 6) is 3.55. The molecular formula is C45H26N6O3. The highest BCUT2D eigenvalue weighted by Crippen LogP contribution is 2.50. The highest BCUT2D eigenvalue weighted by Gasteiger charge is 2.25. The predicted octanol–water partition coefficient (Wildman–Crippen LogP) is 11.6. The van der Waals surface area contributed by atoms with Gasteiger partial charge in [0.25, 0.3) is 0 Å².